The Morgan fingerprint density at radius 2 is 1.84 bits per heavy atom. The fraction of sp³-hybridized carbons (Fsp3) is 0.0870. The van der Waals surface area contributed by atoms with Crippen molar-refractivity contribution in [2.75, 3.05) is 11.1 Å². The van der Waals surface area contributed by atoms with Crippen LogP contribution in [0.3, 0.4) is 0 Å². The molecule has 0 saturated carbocycles. The number of para-hydroxylation sites is 1. The number of carbonyl (C=O) groups is 2. The molecule has 2 aromatic carbocycles. The number of carbonyl (C=O) groups excluding carboxylic acids is 2. The van der Waals surface area contributed by atoms with Gasteiger partial charge in [-0.3, -0.25) is 14.0 Å². The summed E-state index contributed by atoms with van der Waals surface area (Å²) in [6.45, 7) is 1.50. The van der Waals surface area contributed by atoms with E-state index in [4.69, 9.17) is 9.40 Å². The number of Topliss-reactive ketones (excluding diaryl/α,β-unsaturated/α-hetero) is 1. The molecule has 5 rings (SSSR count). The highest BCUT2D eigenvalue weighted by Gasteiger charge is 2.19. The minimum Gasteiger partial charge on any atom is -0.461 e. The molecule has 0 atom stereocenters. The topological polar surface area (TPSA) is 102 Å². The average molecular weight is 443 g/mol. The molecule has 0 spiro atoms. The van der Waals surface area contributed by atoms with Crippen molar-refractivity contribution in [3.05, 3.63) is 72.5 Å². The number of anilines is 1. The van der Waals surface area contributed by atoms with Crippen molar-refractivity contribution >= 4 is 45.7 Å². The molecule has 0 saturated heterocycles. The maximum absolute atomic E-state index is 12.5. The van der Waals surface area contributed by atoms with Gasteiger partial charge in [-0.1, -0.05) is 23.9 Å². The number of furan rings is 1. The van der Waals surface area contributed by atoms with E-state index in [0.29, 0.717) is 33.6 Å². The van der Waals surface area contributed by atoms with E-state index in [1.807, 2.05) is 30.3 Å². The fourth-order valence-electron chi connectivity index (χ4n) is 3.34. The second kappa shape index (κ2) is 8.27. The van der Waals surface area contributed by atoms with Gasteiger partial charge in [-0.25, -0.2) is 4.98 Å². The van der Waals surface area contributed by atoms with Crippen molar-refractivity contribution in [3.63, 3.8) is 0 Å². The van der Waals surface area contributed by atoms with E-state index in [0.717, 1.165) is 10.9 Å². The van der Waals surface area contributed by atoms with Crippen LogP contribution in [0.5, 0.6) is 0 Å². The summed E-state index contributed by atoms with van der Waals surface area (Å²) in [5, 5.41) is 12.9. The van der Waals surface area contributed by atoms with E-state index in [-0.39, 0.29) is 17.4 Å². The monoisotopic (exact) mass is 443 g/mol. The third-order valence-electron chi connectivity index (χ3n) is 4.87. The van der Waals surface area contributed by atoms with Gasteiger partial charge < -0.3 is 9.73 Å². The number of nitrogens with one attached hydrogen (secondary N) is 1. The first-order valence-corrected chi connectivity index (χ1v) is 10.8. The van der Waals surface area contributed by atoms with Gasteiger partial charge in [-0.05, 0) is 55.5 Å². The molecule has 0 unspecified atom stereocenters. The first-order valence-electron chi connectivity index (χ1n) is 9.81. The summed E-state index contributed by atoms with van der Waals surface area (Å²) < 4.78 is 7.39. The summed E-state index contributed by atoms with van der Waals surface area (Å²) in [6, 6.07) is 18.1. The molecule has 0 aliphatic rings. The minimum atomic E-state index is -0.198. The Bertz CT molecular complexity index is 1440. The molecular formula is C23H17N5O3S. The Morgan fingerprint density at radius 3 is 2.59 bits per heavy atom. The summed E-state index contributed by atoms with van der Waals surface area (Å²) in [4.78, 5) is 28.6. The van der Waals surface area contributed by atoms with E-state index in [2.05, 4.69) is 15.5 Å². The number of benzene rings is 2. The summed E-state index contributed by atoms with van der Waals surface area (Å²) in [7, 11) is 0. The van der Waals surface area contributed by atoms with Crippen LogP contribution in [0.15, 0.2) is 76.5 Å². The molecule has 5 aromatic rings. The predicted octanol–water partition coefficient (Wildman–Crippen LogP) is 4.47. The zero-order valence-corrected chi connectivity index (χ0v) is 17.8. The van der Waals surface area contributed by atoms with Gasteiger partial charge in [0.15, 0.2) is 28.2 Å². The Hall–Kier alpha value is -3.98. The summed E-state index contributed by atoms with van der Waals surface area (Å²) in [5.41, 5.74) is 2.64. The van der Waals surface area contributed by atoms with Crippen LogP contribution < -0.4 is 5.32 Å². The third kappa shape index (κ3) is 3.74. The molecule has 0 aliphatic heterocycles. The molecular weight excluding hydrogens is 426 g/mol. The summed E-state index contributed by atoms with van der Waals surface area (Å²) >= 11 is 1.25. The molecule has 0 radical (unpaired) electrons. The van der Waals surface area contributed by atoms with Gasteiger partial charge in [0.25, 0.3) is 0 Å². The number of nitrogens with zero attached hydrogens (tertiary/aromatic N) is 4. The Labute approximate surface area is 186 Å². The van der Waals surface area contributed by atoms with Crippen LogP contribution in [0.1, 0.15) is 17.3 Å². The summed E-state index contributed by atoms with van der Waals surface area (Å²) in [5.74, 6) is 1.05. The number of aromatic nitrogens is 4. The first-order chi connectivity index (χ1) is 15.6. The van der Waals surface area contributed by atoms with Gasteiger partial charge in [0.05, 0.1) is 17.5 Å². The number of ketones is 1. The van der Waals surface area contributed by atoms with Crippen LogP contribution >= 0.6 is 11.8 Å². The average Bonchev–Trinajstić information content (AvgIpc) is 3.48. The van der Waals surface area contributed by atoms with Crippen LogP contribution in [-0.4, -0.2) is 37.0 Å². The van der Waals surface area contributed by atoms with Crippen molar-refractivity contribution in [3.8, 4) is 11.6 Å². The number of hydrogen-bond acceptors (Lipinski definition) is 7. The molecule has 0 aliphatic carbocycles. The van der Waals surface area contributed by atoms with Crippen molar-refractivity contribution in [2.45, 2.75) is 12.1 Å². The standard InChI is InChI=1S/C23H17N5O3S/c1-14(29)15-8-10-16(11-9-15)24-20(30)13-32-23-27-26-21-17-5-2-3-6-18(17)25-22(28(21)23)19-7-4-12-31-19/h2-12H,13H2,1H3,(H,24,30). The van der Waals surface area contributed by atoms with E-state index in [1.54, 1.807) is 41.0 Å². The lowest BCUT2D eigenvalue weighted by Crippen LogP contribution is -2.14. The van der Waals surface area contributed by atoms with Crippen molar-refractivity contribution in [1.82, 2.24) is 19.6 Å². The Balaban J connectivity index is 1.42. The van der Waals surface area contributed by atoms with Crippen molar-refractivity contribution < 1.29 is 14.0 Å². The van der Waals surface area contributed by atoms with Crippen LogP contribution in [0.25, 0.3) is 28.1 Å². The maximum Gasteiger partial charge on any atom is 0.234 e. The molecule has 0 bridgehead atoms. The number of amides is 1. The van der Waals surface area contributed by atoms with Crippen LogP contribution in [0.2, 0.25) is 0 Å². The van der Waals surface area contributed by atoms with Gasteiger partial charge in [0.1, 0.15) is 0 Å². The molecule has 1 N–H and O–H groups in total. The number of thioether (sulfide) groups is 1. The zero-order chi connectivity index (χ0) is 22.1. The predicted molar refractivity (Wildman–Crippen MR) is 122 cm³/mol. The van der Waals surface area contributed by atoms with Crippen LogP contribution in [0.4, 0.5) is 5.69 Å². The molecule has 1 amide bonds. The number of hydrogen-bond donors (Lipinski definition) is 1. The largest absolute Gasteiger partial charge is 0.461 e. The second-order valence-corrected chi connectivity index (χ2v) is 7.98. The van der Waals surface area contributed by atoms with E-state index in [1.165, 1.54) is 18.7 Å². The van der Waals surface area contributed by atoms with Gasteiger partial charge in [0, 0.05) is 16.6 Å². The van der Waals surface area contributed by atoms with Gasteiger partial charge in [-0.2, -0.15) is 0 Å². The normalized spacial score (nSPS) is 11.2. The lowest BCUT2D eigenvalue weighted by molar-refractivity contribution is -0.113. The van der Waals surface area contributed by atoms with E-state index in [9.17, 15) is 9.59 Å². The van der Waals surface area contributed by atoms with Crippen molar-refractivity contribution in [2.24, 2.45) is 0 Å². The van der Waals surface area contributed by atoms with Gasteiger partial charge in [0.2, 0.25) is 5.91 Å². The van der Waals surface area contributed by atoms with Gasteiger partial charge in [-0.15, -0.1) is 10.2 Å². The highest BCUT2D eigenvalue weighted by Crippen LogP contribution is 2.29. The van der Waals surface area contributed by atoms with Crippen LogP contribution in [0, 0.1) is 0 Å². The smallest absolute Gasteiger partial charge is 0.234 e. The Kier molecular flexibility index (Phi) is 5.16. The third-order valence-corrected chi connectivity index (χ3v) is 5.79. The maximum atomic E-state index is 12.5. The quantitative estimate of drug-likeness (QED) is 0.305. The van der Waals surface area contributed by atoms with E-state index < -0.39 is 0 Å². The molecule has 3 aromatic heterocycles. The fourth-order valence-corrected chi connectivity index (χ4v) is 4.07. The van der Waals surface area contributed by atoms with Crippen molar-refractivity contribution in [1.29, 1.82) is 0 Å². The van der Waals surface area contributed by atoms with Gasteiger partial charge >= 0.3 is 0 Å². The molecule has 158 valence electrons. The molecule has 9 heteroatoms. The minimum absolute atomic E-state index is 0.0226. The van der Waals surface area contributed by atoms with E-state index >= 15 is 0 Å². The number of rotatable bonds is 6. The molecule has 3 heterocycles. The zero-order valence-electron chi connectivity index (χ0n) is 17.0. The highest BCUT2D eigenvalue weighted by atomic mass is 32.2. The lowest BCUT2D eigenvalue weighted by Gasteiger charge is -2.08. The number of fused-ring (bicyclic) bond motifs is 3. The molecule has 32 heavy (non-hydrogen) atoms. The van der Waals surface area contributed by atoms with Crippen LogP contribution in [-0.2, 0) is 4.79 Å². The second-order valence-electron chi connectivity index (χ2n) is 7.04. The molecule has 8 nitrogen and oxygen atoms in total. The summed E-state index contributed by atoms with van der Waals surface area (Å²) in [6.07, 6.45) is 1.58. The molecule has 0 fully saturated rings. The lowest BCUT2D eigenvalue weighted by atomic mass is 10.1. The SMILES string of the molecule is CC(=O)c1ccc(NC(=O)CSc2nnc3c4ccccc4nc(-c4ccco4)n23)cc1. The first kappa shape index (κ1) is 20.0. The highest BCUT2D eigenvalue weighted by molar-refractivity contribution is 7.99. The Morgan fingerprint density at radius 1 is 1.03 bits per heavy atom.